The Balaban J connectivity index is 1.14. The van der Waals surface area contributed by atoms with Crippen molar-refractivity contribution in [2.75, 3.05) is 0 Å². The Morgan fingerprint density at radius 1 is 0.386 bits per heavy atom. The Labute approximate surface area is 330 Å². The highest BCUT2D eigenvalue weighted by Gasteiger charge is 2.51. The molecular weight excluding hydrogens is 695 g/mol. The van der Waals surface area contributed by atoms with Gasteiger partial charge in [-0.1, -0.05) is 152 Å². The van der Waals surface area contributed by atoms with Gasteiger partial charge in [0, 0.05) is 44.3 Å². The highest BCUT2D eigenvalue weighted by Crippen LogP contribution is 2.62. The van der Waals surface area contributed by atoms with Crippen molar-refractivity contribution >= 4 is 21.8 Å². The van der Waals surface area contributed by atoms with Crippen molar-refractivity contribution in [3.63, 3.8) is 0 Å². The van der Waals surface area contributed by atoms with Crippen LogP contribution in [0.2, 0.25) is 0 Å². The number of rotatable bonds is 4. The maximum Gasteiger partial charge on any atom is 0.160 e. The average Bonchev–Trinajstić information content (AvgIpc) is 3.77. The van der Waals surface area contributed by atoms with Gasteiger partial charge in [-0.05, 0) is 70.8 Å². The zero-order valence-corrected chi connectivity index (χ0v) is 30.8. The molecule has 2 aromatic heterocycles. The molecule has 4 heteroatoms. The highest BCUT2D eigenvalue weighted by molar-refractivity contribution is 6.09. The quantitative estimate of drug-likeness (QED) is 0.181. The molecule has 57 heavy (non-hydrogen) atoms. The first-order valence-electron chi connectivity index (χ1n) is 19.4. The fraction of sp³-hybridized carbons (Fsp3) is 0.0189. The molecule has 4 nitrogen and oxygen atoms in total. The molecule has 12 rings (SSSR count). The molecule has 0 amide bonds. The normalized spacial score (nSPS) is 13.2. The topological polar surface area (TPSA) is 39.9 Å². The van der Waals surface area contributed by atoms with E-state index in [9.17, 15) is 0 Å². The van der Waals surface area contributed by atoms with Crippen LogP contribution in [0.15, 0.2) is 200 Å². The van der Waals surface area contributed by atoms with Crippen molar-refractivity contribution in [1.29, 1.82) is 0 Å². The van der Waals surface area contributed by atoms with E-state index >= 15 is 0 Å². The second-order valence-electron chi connectivity index (χ2n) is 14.9. The zero-order chi connectivity index (χ0) is 37.5. The Morgan fingerprint density at radius 3 is 1.61 bits per heavy atom. The first-order valence-corrected chi connectivity index (χ1v) is 19.4. The van der Waals surface area contributed by atoms with Gasteiger partial charge in [-0.3, -0.25) is 0 Å². The van der Waals surface area contributed by atoms with Crippen LogP contribution >= 0.6 is 0 Å². The van der Waals surface area contributed by atoms with Crippen LogP contribution in [0.5, 0.6) is 11.5 Å². The van der Waals surface area contributed by atoms with E-state index in [1.54, 1.807) is 0 Å². The second-order valence-corrected chi connectivity index (χ2v) is 14.9. The van der Waals surface area contributed by atoms with Crippen LogP contribution in [-0.2, 0) is 5.41 Å². The van der Waals surface area contributed by atoms with E-state index in [1.807, 2.05) is 24.3 Å². The zero-order valence-electron chi connectivity index (χ0n) is 30.8. The summed E-state index contributed by atoms with van der Waals surface area (Å²) in [5, 5.41) is 2.49. The van der Waals surface area contributed by atoms with Crippen molar-refractivity contribution < 1.29 is 4.74 Å². The number of hydrogen-bond acceptors (Lipinski definition) is 3. The summed E-state index contributed by atoms with van der Waals surface area (Å²) in [5.74, 6) is 2.45. The monoisotopic (exact) mass is 727 g/mol. The van der Waals surface area contributed by atoms with E-state index in [-0.39, 0.29) is 0 Å². The number of benzene rings is 8. The first-order chi connectivity index (χ1) is 28.3. The van der Waals surface area contributed by atoms with E-state index in [4.69, 9.17) is 14.7 Å². The van der Waals surface area contributed by atoms with Gasteiger partial charge in [-0.25, -0.2) is 9.97 Å². The Morgan fingerprint density at radius 2 is 0.947 bits per heavy atom. The molecule has 2 aliphatic rings. The Hall–Kier alpha value is -7.56. The number of ether oxygens (including phenoxy) is 1. The number of para-hydroxylation sites is 4. The standard InChI is InChI=1S/C53H33N3O/c1-3-15-34(16-4-1)46-33-47(55-52(54-46)35-17-5-2-6-18-35)36-27-30-42-41(31-36)38-29-28-37(56-48-23-11-7-19-39(48)40-20-8-12-24-49(40)56)32-45(38)53(42)43-21-9-13-25-50(43)57-51-26-14-10-22-44(51)53/h1-33H. The fourth-order valence-electron chi connectivity index (χ4n) is 9.46. The molecular formula is C53H33N3O. The van der Waals surface area contributed by atoms with Gasteiger partial charge in [-0.15, -0.1) is 0 Å². The van der Waals surface area contributed by atoms with Gasteiger partial charge in [0.2, 0.25) is 0 Å². The fourth-order valence-corrected chi connectivity index (χ4v) is 9.46. The van der Waals surface area contributed by atoms with Crippen molar-refractivity contribution in [2.45, 2.75) is 5.41 Å². The molecule has 0 unspecified atom stereocenters. The van der Waals surface area contributed by atoms with Crippen LogP contribution < -0.4 is 4.74 Å². The van der Waals surface area contributed by atoms with Gasteiger partial charge >= 0.3 is 0 Å². The van der Waals surface area contributed by atoms with Gasteiger partial charge in [0.05, 0.1) is 27.8 Å². The smallest absolute Gasteiger partial charge is 0.160 e. The molecule has 1 aliphatic carbocycles. The molecule has 0 bridgehead atoms. The summed E-state index contributed by atoms with van der Waals surface area (Å²) in [7, 11) is 0. The lowest BCUT2D eigenvalue weighted by Gasteiger charge is -2.39. The van der Waals surface area contributed by atoms with E-state index in [0.29, 0.717) is 5.82 Å². The number of nitrogens with zero attached hydrogens (tertiary/aromatic N) is 3. The van der Waals surface area contributed by atoms with Crippen LogP contribution in [0, 0.1) is 0 Å². The second kappa shape index (κ2) is 12.2. The lowest BCUT2D eigenvalue weighted by Crippen LogP contribution is -2.32. The van der Waals surface area contributed by atoms with Gasteiger partial charge in [0.1, 0.15) is 11.5 Å². The van der Waals surface area contributed by atoms with E-state index in [2.05, 4.69) is 180 Å². The number of fused-ring (bicyclic) bond motifs is 12. The number of hydrogen-bond donors (Lipinski definition) is 0. The molecule has 0 radical (unpaired) electrons. The van der Waals surface area contributed by atoms with Gasteiger partial charge in [0.25, 0.3) is 0 Å². The number of aromatic nitrogens is 3. The summed E-state index contributed by atoms with van der Waals surface area (Å²) < 4.78 is 9.11. The van der Waals surface area contributed by atoms with Crippen molar-refractivity contribution in [3.05, 3.63) is 222 Å². The van der Waals surface area contributed by atoms with Crippen LogP contribution in [0.3, 0.4) is 0 Å². The van der Waals surface area contributed by atoms with Gasteiger partial charge < -0.3 is 9.30 Å². The van der Waals surface area contributed by atoms with E-state index < -0.39 is 5.41 Å². The molecule has 0 saturated heterocycles. The molecule has 10 aromatic rings. The molecule has 3 heterocycles. The van der Waals surface area contributed by atoms with Crippen molar-refractivity contribution in [1.82, 2.24) is 14.5 Å². The van der Waals surface area contributed by atoms with Gasteiger partial charge in [-0.2, -0.15) is 0 Å². The molecule has 8 aromatic carbocycles. The minimum atomic E-state index is -0.626. The van der Waals surface area contributed by atoms with Crippen LogP contribution in [0.25, 0.3) is 72.5 Å². The third kappa shape index (κ3) is 4.62. The summed E-state index contributed by atoms with van der Waals surface area (Å²) in [6, 6.07) is 71.3. The molecule has 0 atom stereocenters. The maximum absolute atomic E-state index is 6.69. The third-order valence-corrected chi connectivity index (χ3v) is 11.9. The first kappa shape index (κ1) is 31.8. The summed E-state index contributed by atoms with van der Waals surface area (Å²) >= 11 is 0. The molecule has 266 valence electrons. The third-order valence-electron chi connectivity index (χ3n) is 11.9. The largest absolute Gasteiger partial charge is 0.457 e. The summed E-state index contributed by atoms with van der Waals surface area (Å²) in [6.45, 7) is 0. The summed E-state index contributed by atoms with van der Waals surface area (Å²) in [4.78, 5) is 10.3. The van der Waals surface area contributed by atoms with Crippen LogP contribution in [-0.4, -0.2) is 14.5 Å². The Kier molecular flexibility index (Phi) is 6.81. The SMILES string of the molecule is c1ccc(-c2cc(-c3ccc4c(c3)-c3ccc(-n5c6ccccc6c6ccccc65)cc3C43c4ccccc4Oc4ccccc43)nc(-c3ccccc3)n2)cc1. The van der Waals surface area contributed by atoms with Crippen molar-refractivity contribution in [2.24, 2.45) is 0 Å². The Bertz CT molecular complexity index is 3060. The highest BCUT2D eigenvalue weighted by atomic mass is 16.5. The molecule has 0 N–H and O–H groups in total. The maximum atomic E-state index is 6.69. The minimum absolute atomic E-state index is 0.626. The van der Waals surface area contributed by atoms with Gasteiger partial charge in [0.15, 0.2) is 5.82 Å². The lowest BCUT2D eigenvalue weighted by molar-refractivity contribution is 0.436. The van der Waals surface area contributed by atoms with Crippen LogP contribution in [0.1, 0.15) is 22.3 Å². The summed E-state index contributed by atoms with van der Waals surface area (Å²) in [5.41, 5.74) is 14.8. The molecule has 0 saturated carbocycles. The molecule has 0 fully saturated rings. The van der Waals surface area contributed by atoms with E-state index in [0.717, 1.165) is 56.4 Å². The summed E-state index contributed by atoms with van der Waals surface area (Å²) in [6.07, 6.45) is 0. The lowest BCUT2D eigenvalue weighted by atomic mass is 9.66. The van der Waals surface area contributed by atoms with Crippen LogP contribution in [0.4, 0.5) is 0 Å². The molecule has 1 spiro atoms. The average molecular weight is 728 g/mol. The van der Waals surface area contributed by atoms with Crippen molar-refractivity contribution in [3.8, 4) is 62.2 Å². The predicted molar refractivity (Wildman–Crippen MR) is 230 cm³/mol. The minimum Gasteiger partial charge on any atom is -0.457 e. The molecule has 1 aliphatic heterocycles. The predicted octanol–water partition coefficient (Wildman–Crippen LogP) is 13.0. The van der Waals surface area contributed by atoms with E-state index in [1.165, 1.54) is 44.1 Å².